The standard InChI is InChI=1S/C9H10S.C2H6/c1-7-2-3-9-8(6-7)4-5-10-9;1-2/h2-6,8-9H,1H3;1-2H3. The van der Waals surface area contributed by atoms with Gasteiger partial charge in [0.2, 0.25) is 0 Å². The van der Waals surface area contributed by atoms with Gasteiger partial charge in [0.05, 0.1) is 0 Å². The molecule has 0 N–H and O–H groups in total. The summed E-state index contributed by atoms with van der Waals surface area (Å²) in [6, 6.07) is 0. The molecule has 0 amide bonds. The third-order valence-electron chi connectivity index (χ3n) is 1.92. The second-order valence-electron chi connectivity index (χ2n) is 2.78. The molecule has 1 heteroatoms. The first-order valence-corrected chi connectivity index (χ1v) is 5.49. The Morgan fingerprint density at radius 2 is 2.00 bits per heavy atom. The SMILES string of the molecule is CC.CC1=CC2C=CSC2C=C1. The molecule has 0 fully saturated rings. The molecule has 0 saturated carbocycles. The zero-order valence-electron chi connectivity index (χ0n) is 7.95. The van der Waals surface area contributed by atoms with Crippen molar-refractivity contribution in [2.45, 2.75) is 26.0 Å². The lowest BCUT2D eigenvalue weighted by Crippen LogP contribution is -2.08. The molecular weight excluding hydrogens is 164 g/mol. The summed E-state index contributed by atoms with van der Waals surface area (Å²) in [5.74, 6) is 0.676. The van der Waals surface area contributed by atoms with Gasteiger partial charge in [0.25, 0.3) is 0 Å². The van der Waals surface area contributed by atoms with Crippen LogP contribution in [0.15, 0.2) is 35.3 Å². The van der Waals surface area contributed by atoms with Gasteiger partial charge in [0.1, 0.15) is 0 Å². The number of hydrogen-bond donors (Lipinski definition) is 0. The number of fused-ring (bicyclic) bond motifs is 1. The van der Waals surface area contributed by atoms with E-state index in [-0.39, 0.29) is 0 Å². The van der Waals surface area contributed by atoms with Crippen LogP contribution in [-0.4, -0.2) is 5.25 Å². The van der Waals surface area contributed by atoms with Crippen molar-refractivity contribution < 1.29 is 0 Å². The zero-order chi connectivity index (χ0) is 8.97. The summed E-state index contributed by atoms with van der Waals surface area (Å²) in [5.41, 5.74) is 1.40. The molecule has 0 aromatic rings. The highest BCUT2D eigenvalue weighted by Crippen LogP contribution is 2.34. The topological polar surface area (TPSA) is 0 Å². The molecule has 66 valence electrons. The van der Waals surface area contributed by atoms with Crippen molar-refractivity contribution in [3.05, 3.63) is 35.3 Å². The van der Waals surface area contributed by atoms with Gasteiger partial charge >= 0.3 is 0 Å². The Morgan fingerprint density at radius 1 is 1.25 bits per heavy atom. The Kier molecular flexibility index (Phi) is 3.67. The minimum atomic E-state index is 0.676. The Labute approximate surface area is 79.4 Å². The number of thioether (sulfide) groups is 1. The van der Waals surface area contributed by atoms with Gasteiger partial charge in [-0.25, -0.2) is 0 Å². The molecule has 0 spiro atoms. The van der Waals surface area contributed by atoms with E-state index in [1.54, 1.807) is 0 Å². The van der Waals surface area contributed by atoms with Crippen molar-refractivity contribution in [2.24, 2.45) is 5.92 Å². The maximum absolute atomic E-state index is 2.33. The minimum Gasteiger partial charge on any atom is -0.126 e. The van der Waals surface area contributed by atoms with Crippen molar-refractivity contribution in [3.8, 4) is 0 Å². The summed E-state index contributed by atoms with van der Waals surface area (Å²) in [6.07, 6.45) is 9.12. The summed E-state index contributed by atoms with van der Waals surface area (Å²) in [4.78, 5) is 0. The highest BCUT2D eigenvalue weighted by molar-refractivity contribution is 8.03. The Morgan fingerprint density at radius 3 is 2.75 bits per heavy atom. The van der Waals surface area contributed by atoms with Crippen molar-refractivity contribution in [1.29, 1.82) is 0 Å². The van der Waals surface area contributed by atoms with E-state index in [4.69, 9.17) is 0 Å². The zero-order valence-corrected chi connectivity index (χ0v) is 8.77. The van der Waals surface area contributed by atoms with Crippen LogP contribution < -0.4 is 0 Å². The van der Waals surface area contributed by atoms with E-state index in [2.05, 4.69) is 36.6 Å². The smallest absolute Gasteiger partial charge is 0.0369 e. The molecule has 1 aliphatic heterocycles. The first-order valence-electron chi connectivity index (χ1n) is 4.55. The van der Waals surface area contributed by atoms with Gasteiger partial charge in [-0.2, -0.15) is 0 Å². The lowest BCUT2D eigenvalue weighted by atomic mass is 9.97. The second-order valence-corrected chi connectivity index (χ2v) is 3.87. The molecule has 1 heterocycles. The van der Waals surface area contributed by atoms with Crippen LogP contribution in [0.3, 0.4) is 0 Å². The third kappa shape index (κ3) is 2.04. The van der Waals surface area contributed by atoms with E-state index in [1.807, 2.05) is 25.6 Å². The van der Waals surface area contributed by atoms with Gasteiger partial charge in [0, 0.05) is 11.2 Å². The fourth-order valence-corrected chi connectivity index (χ4v) is 2.33. The van der Waals surface area contributed by atoms with E-state index < -0.39 is 0 Å². The molecular formula is C11H16S. The molecule has 0 nitrogen and oxygen atoms in total. The predicted molar refractivity (Wildman–Crippen MR) is 58.3 cm³/mol. The number of rotatable bonds is 0. The van der Waals surface area contributed by atoms with E-state index in [0.29, 0.717) is 11.2 Å². The number of hydrogen-bond acceptors (Lipinski definition) is 1. The van der Waals surface area contributed by atoms with E-state index in [0.717, 1.165) is 0 Å². The molecule has 0 bridgehead atoms. The van der Waals surface area contributed by atoms with Crippen molar-refractivity contribution in [1.82, 2.24) is 0 Å². The maximum atomic E-state index is 2.33. The summed E-state index contributed by atoms with van der Waals surface area (Å²) in [7, 11) is 0. The Hall–Kier alpha value is -0.430. The first-order chi connectivity index (χ1) is 5.86. The van der Waals surface area contributed by atoms with Crippen LogP contribution in [0.2, 0.25) is 0 Å². The Balaban J connectivity index is 0.000000336. The van der Waals surface area contributed by atoms with Crippen LogP contribution in [-0.2, 0) is 0 Å². The highest BCUT2D eigenvalue weighted by atomic mass is 32.2. The summed E-state index contributed by atoms with van der Waals surface area (Å²) >= 11 is 1.92. The van der Waals surface area contributed by atoms with E-state index >= 15 is 0 Å². The number of allylic oxidation sites excluding steroid dienone is 4. The molecule has 2 aliphatic rings. The molecule has 0 saturated heterocycles. The fourth-order valence-electron chi connectivity index (χ4n) is 1.36. The van der Waals surface area contributed by atoms with Crippen molar-refractivity contribution in [2.75, 3.05) is 0 Å². The van der Waals surface area contributed by atoms with Gasteiger partial charge in [-0.1, -0.05) is 43.7 Å². The molecule has 2 atom stereocenters. The monoisotopic (exact) mass is 180 g/mol. The normalized spacial score (nSPS) is 30.4. The summed E-state index contributed by atoms with van der Waals surface area (Å²) < 4.78 is 0. The van der Waals surface area contributed by atoms with E-state index in [1.165, 1.54) is 5.57 Å². The largest absolute Gasteiger partial charge is 0.126 e. The van der Waals surface area contributed by atoms with E-state index in [9.17, 15) is 0 Å². The summed E-state index contributed by atoms with van der Waals surface area (Å²) in [5, 5.41) is 2.90. The van der Waals surface area contributed by atoms with Crippen LogP contribution in [0, 0.1) is 5.92 Å². The van der Waals surface area contributed by atoms with Crippen LogP contribution in [0.5, 0.6) is 0 Å². The first kappa shape index (κ1) is 9.66. The molecule has 1 aliphatic carbocycles. The highest BCUT2D eigenvalue weighted by Gasteiger charge is 2.20. The molecule has 2 unspecified atom stereocenters. The maximum Gasteiger partial charge on any atom is 0.0369 e. The molecule has 12 heavy (non-hydrogen) atoms. The van der Waals surface area contributed by atoms with Gasteiger partial charge in [0.15, 0.2) is 0 Å². The molecule has 0 aromatic heterocycles. The van der Waals surface area contributed by atoms with Gasteiger partial charge in [-0.15, -0.1) is 11.8 Å². The lowest BCUT2D eigenvalue weighted by Gasteiger charge is -2.15. The average Bonchev–Trinajstić information content (AvgIpc) is 2.54. The average molecular weight is 180 g/mol. The molecule has 0 radical (unpaired) electrons. The van der Waals surface area contributed by atoms with Gasteiger partial charge in [-0.05, 0) is 12.3 Å². The van der Waals surface area contributed by atoms with Crippen molar-refractivity contribution in [3.63, 3.8) is 0 Å². The van der Waals surface area contributed by atoms with Crippen molar-refractivity contribution >= 4 is 11.8 Å². The van der Waals surface area contributed by atoms with Crippen LogP contribution in [0.1, 0.15) is 20.8 Å². The predicted octanol–water partition coefficient (Wildman–Crippen LogP) is 3.77. The van der Waals surface area contributed by atoms with Crippen LogP contribution in [0.4, 0.5) is 0 Å². The third-order valence-corrected chi connectivity index (χ3v) is 3.02. The van der Waals surface area contributed by atoms with Gasteiger partial charge < -0.3 is 0 Å². The second kappa shape index (κ2) is 4.56. The minimum absolute atomic E-state index is 0.676. The summed E-state index contributed by atoms with van der Waals surface area (Å²) in [6.45, 7) is 6.16. The quantitative estimate of drug-likeness (QED) is 0.547. The molecule has 2 rings (SSSR count). The Bertz CT molecular complexity index is 223. The lowest BCUT2D eigenvalue weighted by molar-refractivity contribution is 0.845. The molecule has 0 aromatic carbocycles. The van der Waals surface area contributed by atoms with Gasteiger partial charge in [-0.3, -0.25) is 0 Å². The fraction of sp³-hybridized carbons (Fsp3) is 0.455. The van der Waals surface area contributed by atoms with Crippen LogP contribution in [0.25, 0.3) is 0 Å². The van der Waals surface area contributed by atoms with Crippen LogP contribution >= 0.6 is 11.8 Å².